The van der Waals surface area contributed by atoms with E-state index in [-0.39, 0.29) is 5.91 Å². The van der Waals surface area contributed by atoms with Gasteiger partial charge in [-0.25, -0.2) is 0 Å². The summed E-state index contributed by atoms with van der Waals surface area (Å²) in [6.45, 7) is 3.11. The minimum Gasteiger partial charge on any atom is -0.392 e. The molecule has 2 aliphatic rings. The third-order valence-electron chi connectivity index (χ3n) is 5.04. The van der Waals surface area contributed by atoms with Gasteiger partial charge in [-0.05, 0) is 58.2 Å². The fraction of sp³-hybridized carbons (Fsp3) is 0.867. The lowest BCUT2D eigenvalue weighted by atomic mass is 9.85. The van der Waals surface area contributed by atoms with Gasteiger partial charge in [0.1, 0.15) is 0 Å². The fourth-order valence-electron chi connectivity index (χ4n) is 3.47. The van der Waals surface area contributed by atoms with Crippen LogP contribution in [0.1, 0.15) is 44.9 Å². The maximum Gasteiger partial charge on any atom is 0.233 e. The van der Waals surface area contributed by atoms with Crippen molar-refractivity contribution in [1.82, 2.24) is 10.2 Å². The molecule has 1 saturated heterocycles. The van der Waals surface area contributed by atoms with Crippen molar-refractivity contribution in [3.63, 3.8) is 0 Å². The molecular weight excluding hydrogens is 270 g/mol. The van der Waals surface area contributed by atoms with E-state index in [0.29, 0.717) is 4.99 Å². The molecule has 2 fully saturated rings. The Morgan fingerprint density at radius 3 is 2.50 bits per heavy atom. The van der Waals surface area contributed by atoms with Gasteiger partial charge in [0.05, 0.1) is 10.4 Å². The molecule has 2 rings (SSSR count). The van der Waals surface area contributed by atoms with E-state index in [4.69, 9.17) is 18.0 Å². The molecule has 1 amide bonds. The largest absolute Gasteiger partial charge is 0.392 e. The van der Waals surface area contributed by atoms with E-state index in [1.54, 1.807) is 0 Å². The molecule has 5 heteroatoms. The normalized spacial score (nSPS) is 23.6. The number of nitrogens with two attached hydrogens (primary N) is 1. The SMILES string of the molecule is CN1CCC(CCNC(=O)C2(C(N)=S)CCCC2)CC1. The number of hydrogen-bond donors (Lipinski definition) is 2. The summed E-state index contributed by atoms with van der Waals surface area (Å²) in [5.41, 5.74) is 5.28. The van der Waals surface area contributed by atoms with Gasteiger partial charge in [-0.15, -0.1) is 0 Å². The van der Waals surface area contributed by atoms with Gasteiger partial charge in [-0.1, -0.05) is 25.1 Å². The molecule has 0 bridgehead atoms. The average molecular weight is 297 g/mol. The summed E-state index contributed by atoms with van der Waals surface area (Å²) in [6.07, 6.45) is 7.32. The Balaban J connectivity index is 1.76. The van der Waals surface area contributed by atoms with E-state index in [2.05, 4.69) is 17.3 Å². The standard InChI is InChI=1S/C15H27N3OS/c1-18-10-5-12(6-11-18)4-9-17-14(19)15(13(16)20)7-2-3-8-15/h12H,2-11H2,1H3,(H2,16,20)(H,17,19). The predicted octanol–water partition coefficient (Wildman–Crippen LogP) is 1.68. The number of carbonyl (C=O) groups is 1. The molecule has 0 spiro atoms. The van der Waals surface area contributed by atoms with Gasteiger partial charge in [-0.3, -0.25) is 4.79 Å². The van der Waals surface area contributed by atoms with Crippen LogP contribution in [0, 0.1) is 11.3 Å². The van der Waals surface area contributed by atoms with Crippen molar-refractivity contribution >= 4 is 23.1 Å². The highest BCUT2D eigenvalue weighted by Crippen LogP contribution is 2.38. The Morgan fingerprint density at radius 1 is 1.35 bits per heavy atom. The number of likely N-dealkylation sites (tertiary alicyclic amines) is 1. The molecule has 0 radical (unpaired) electrons. The summed E-state index contributed by atoms with van der Waals surface area (Å²) in [5, 5.41) is 3.09. The topological polar surface area (TPSA) is 58.4 Å². The summed E-state index contributed by atoms with van der Waals surface area (Å²) in [5.74, 6) is 0.811. The Bertz CT molecular complexity index is 358. The van der Waals surface area contributed by atoms with Crippen LogP contribution in [0.4, 0.5) is 0 Å². The number of nitrogens with zero attached hydrogens (tertiary/aromatic N) is 1. The number of amides is 1. The third-order valence-corrected chi connectivity index (χ3v) is 5.43. The second-order valence-corrected chi connectivity index (χ2v) is 6.88. The molecule has 0 aromatic carbocycles. The second-order valence-electron chi connectivity index (χ2n) is 6.44. The first kappa shape index (κ1) is 15.7. The van der Waals surface area contributed by atoms with Crippen molar-refractivity contribution < 1.29 is 4.79 Å². The Kier molecular flexibility index (Phi) is 5.38. The quantitative estimate of drug-likeness (QED) is 0.758. The number of nitrogens with one attached hydrogen (secondary N) is 1. The number of thiocarbonyl (C=S) groups is 1. The molecule has 1 aliphatic heterocycles. The van der Waals surface area contributed by atoms with Crippen LogP contribution in [0.5, 0.6) is 0 Å². The molecule has 4 nitrogen and oxygen atoms in total. The van der Waals surface area contributed by atoms with Crippen LogP contribution in [-0.2, 0) is 4.79 Å². The van der Waals surface area contributed by atoms with Crippen LogP contribution in [0.15, 0.2) is 0 Å². The summed E-state index contributed by atoms with van der Waals surface area (Å²) >= 11 is 5.14. The zero-order valence-electron chi connectivity index (χ0n) is 12.5. The zero-order chi connectivity index (χ0) is 14.6. The van der Waals surface area contributed by atoms with Gasteiger partial charge < -0.3 is 16.0 Å². The number of hydrogen-bond acceptors (Lipinski definition) is 3. The van der Waals surface area contributed by atoms with Crippen molar-refractivity contribution in [1.29, 1.82) is 0 Å². The maximum atomic E-state index is 12.4. The Labute approximate surface area is 127 Å². The first-order valence-electron chi connectivity index (χ1n) is 7.81. The fourth-order valence-corrected chi connectivity index (χ4v) is 3.77. The molecule has 0 aromatic rings. The van der Waals surface area contributed by atoms with Crippen molar-refractivity contribution in [2.45, 2.75) is 44.9 Å². The number of piperidine rings is 1. The van der Waals surface area contributed by atoms with E-state index in [9.17, 15) is 4.79 Å². The maximum absolute atomic E-state index is 12.4. The van der Waals surface area contributed by atoms with Crippen LogP contribution in [-0.4, -0.2) is 42.5 Å². The summed E-state index contributed by atoms with van der Waals surface area (Å²) in [4.78, 5) is 15.2. The lowest BCUT2D eigenvalue weighted by Crippen LogP contribution is -2.47. The summed E-state index contributed by atoms with van der Waals surface area (Å²) < 4.78 is 0. The molecule has 1 aliphatic carbocycles. The molecule has 114 valence electrons. The highest BCUT2D eigenvalue weighted by molar-refractivity contribution is 7.80. The molecule has 0 atom stereocenters. The van der Waals surface area contributed by atoms with Crippen LogP contribution in [0.2, 0.25) is 0 Å². The van der Waals surface area contributed by atoms with Gasteiger partial charge in [0.25, 0.3) is 0 Å². The van der Waals surface area contributed by atoms with Crippen molar-refractivity contribution in [3.05, 3.63) is 0 Å². The molecule has 0 aromatic heterocycles. The van der Waals surface area contributed by atoms with Crippen molar-refractivity contribution in [2.75, 3.05) is 26.7 Å². The summed E-state index contributed by atoms with van der Waals surface area (Å²) in [6, 6.07) is 0. The highest BCUT2D eigenvalue weighted by atomic mass is 32.1. The van der Waals surface area contributed by atoms with Gasteiger partial charge in [-0.2, -0.15) is 0 Å². The highest BCUT2D eigenvalue weighted by Gasteiger charge is 2.43. The molecular formula is C15H27N3OS. The first-order chi connectivity index (χ1) is 9.54. The number of rotatable bonds is 5. The molecule has 1 heterocycles. The first-order valence-corrected chi connectivity index (χ1v) is 8.22. The minimum absolute atomic E-state index is 0.0652. The molecule has 20 heavy (non-hydrogen) atoms. The smallest absolute Gasteiger partial charge is 0.233 e. The van der Waals surface area contributed by atoms with E-state index >= 15 is 0 Å². The zero-order valence-corrected chi connectivity index (χ0v) is 13.3. The van der Waals surface area contributed by atoms with E-state index in [1.165, 1.54) is 25.9 Å². The van der Waals surface area contributed by atoms with E-state index < -0.39 is 5.41 Å². The van der Waals surface area contributed by atoms with Gasteiger partial charge >= 0.3 is 0 Å². The van der Waals surface area contributed by atoms with E-state index in [1.807, 2.05) is 0 Å². The van der Waals surface area contributed by atoms with Crippen molar-refractivity contribution in [2.24, 2.45) is 17.1 Å². The lowest BCUT2D eigenvalue weighted by molar-refractivity contribution is -0.127. The van der Waals surface area contributed by atoms with Gasteiger partial charge in [0.2, 0.25) is 5.91 Å². The average Bonchev–Trinajstić information content (AvgIpc) is 2.91. The Hall–Kier alpha value is -0.680. The Morgan fingerprint density at radius 2 is 1.95 bits per heavy atom. The van der Waals surface area contributed by atoms with Gasteiger partial charge in [0, 0.05) is 6.54 Å². The van der Waals surface area contributed by atoms with Crippen LogP contribution < -0.4 is 11.1 Å². The van der Waals surface area contributed by atoms with Gasteiger partial charge in [0.15, 0.2) is 0 Å². The lowest BCUT2D eigenvalue weighted by Gasteiger charge is -2.30. The monoisotopic (exact) mass is 297 g/mol. The van der Waals surface area contributed by atoms with Crippen LogP contribution in [0.3, 0.4) is 0 Å². The van der Waals surface area contributed by atoms with E-state index in [0.717, 1.165) is 44.6 Å². The predicted molar refractivity (Wildman–Crippen MR) is 85.5 cm³/mol. The van der Waals surface area contributed by atoms with Crippen LogP contribution in [0.25, 0.3) is 0 Å². The molecule has 3 N–H and O–H groups in total. The van der Waals surface area contributed by atoms with Crippen LogP contribution >= 0.6 is 12.2 Å². The summed E-state index contributed by atoms with van der Waals surface area (Å²) in [7, 11) is 2.17. The molecule has 0 unspecified atom stereocenters. The van der Waals surface area contributed by atoms with Crippen molar-refractivity contribution in [3.8, 4) is 0 Å². The third kappa shape index (κ3) is 3.50. The second kappa shape index (κ2) is 6.85. The number of carbonyl (C=O) groups excluding carboxylic acids is 1. The minimum atomic E-state index is -0.553. The molecule has 1 saturated carbocycles.